The molecule has 122 valence electrons. The summed E-state index contributed by atoms with van der Waals surface area (Å²) < 4.78 is 12.6. The van der Waals surface area contributed by atoms with Crippen LogP contribution in [0.2, 0.25) is 0 Å². The average molecular weight is 375 g/mol. The highest BCUT2D eigenvalue weighted by atomic mass is 79.9. The van der Waals surface area contributed by atoms with Crippen LogP contribution < -0.4 is 4.74 Å². The molecule has 1 unspecified atom stereocenters. The number of aryl methyl sites for hydroxylation is 2. The number of hydrogen-bond donors (Lipinski definition) is 0. The second-order valence-corrected chi connectivity index (χ2v) is 7.01. The molecular formula is C20H23BrO2. The Bertz CT molecular complexity index is 658. The van der Waals surface area contributed by atoms with E-state index in [1.165, 1.54) is 22.3 Å². The third-order valence-corrected chi connectivity index (χ3v) is 5.09. The van der Waals surface area contributed by atoms with Gasteiger partial charge in [-0.25, -0.2) is 0 Å². The van der Waals surface area contributed by atoms with Crippen molar-refractivity contribution in [2.24, 2.45) is 0 Å². The molecule has 1 fully saturated rings. The largest absolute Gasteiger partial charge is 0.488 e. The van der Waals surface area contributed by atoms with E-state index in [4.69, 9.17) is 9.47 Å². The van der Waals surface area contributed by atoms with Crippen LogP contribution in [0, 0.1) is 6.92 Å². The van der Waals surface area contributed by atoms with E-state index in [1.807, 2.05) is 0 Å². The van der Waals surface area contributed by atoms with E-state index in [9.17, 15) is 0 Å². The SMILES string of the molecule is CCc1ccc(Cc2cc(C)c(OC3CCOC3)cc2Br)cc1. The topological polar surface area (TPSA) is 18.5 Å². The molecule has 1 saturated heterocycles. The van der Waals surface area contributed by atoms with Crippen molar-refractivity contribution in [1.82, 2.24) is 0 Å². The number of rotatable bonds is 5. The van der Waals surface area contributed by atoms with Crippen LogP contribution in [0.1, 0.15) is 35.6 Å². The Kier molecular flexibility index (Phi) is 5.39. The Morgan fingerprint density at radius 3 is 2.57 bits per heavy atom. The molecule has 0 spiro atoms. The Balaban J connectivity index is 1.75. The molecule has 2 aromatic rings. The molecule has 0 aromatic heterocycles. The van der Waals surface area contributed by atoms with Gasteiger partial charge < -0.3 is 9.47 Å². The fourth-order valence-corrected chi connectivity index (χ4v) is 3.35. The van der Waals surface area contributed by atoms with Gasteiger partial charge in [0.1, 0.15) is 11.9 Å². The zero-order valence-electron chi connectivity index (χ0n) is 13.8. The van der Waals surface area contributed by atoms with Gasteiger partial charge in [-0.2, -0.15) is 0 Å². The van der Waals surface area contributed by atoms with E-state index in [0.717, 1.165) is 36.1 Å². The van der Waals surface area contributed by atoms with Gasteiger partial charge in [0.25, 0.3) is 0 Å². The molecule has 1 heterocycles. The van der Waals surface area contributed by atoms with Gasteiger partial charge in [-0.05, 0) is 48.1 Å². The van der Waals surface area contributed by atoms with E-state index in [0.29, 0.717) is 6.61 Å². The molecule has 0 amide bonds. The van der Waals surface area contributed by atoms with Crippen LogP contribution in [0.25, 0.3) is 0 Å². The standard InChI is InChI=1S/C20H23BrO2/c1-3-15-4-6-16(7-5-15)11-17-10-14(2)20(12-19(17)21)23-18-8-9-22-13-18/h4-7,10,12,18H,3,8-9,11,13H2,1-2H3. The van der Waals surface area contributed by atoms with Gasteiger partial charge >= 0.3 is 0 Å². The molecule has 1 aliphatic heterocycles. The summed E-state index contributed by atoms with van der Waals surface area (Å²) in [6, 6.07) is 13.2. The number of halogens is 1. The molecule has 23 heavy (non-hydrogen) atoms. The summed E-state index contributed by atoms with van der Waals surface area (Å²) >= 11 is 3.71. The lowest BCUT2D eigenvalue weighted by atomic mass is 10.0. The molecule has 2 aromatic carbocycles. The van der Waals surface area contributed by atoms with Gasteiger partial charge in [-0.3, -0.25) is 0 Å². The third kappa shape index (κ3) is 4.15. The summed E-state index contributed by atoms with van der Waals surface area (Å²) in [6.07, 6.45) is 3.17. The first kappa shape index (κ1) is 16.5. The molecule has 1 aliphatic rings. The number of hydrogen-bond acceptors (Lipinski definition) is 2. The number of ether oxygens (including phenoxy) is 2. The molecule has 0 radical (unpaired) electrons. The van der Waals surface area contributed by atoms with Crippen LogP contribution in [-0.4, -0.2) is 19.3 Å². The van der Waals surface area contributed by atoms with Crippen LogP contribution in [0.4, 0.5) is 0 Å². The smallest absolute Gasteiger partial charge is 0.124 e. The van der Waals surface area contributed by atoms with E-state index < -0.39 is 0 Å². The minimum absolute atomic E-state index is 0.188. The highest BCUT2D eigenvalue weighted by Gasteiger charge is 2.18. The van der Waals surface area contributed by atoms with Crippen molar-refractivity contribution in [3.05, 3.63) is 63.1 Å². The van der Waals surface area contributed by atoms with E-state index in [2.05, 4.69) is 66.2 Å². The normalized spacial score (nSPS) is 17.4. The molecule has 3 rings (SSSR count). The molecule has 0 saturated carbocycles. The minimum Gasteiger partial charge on any atom is -0.488 e. The van der Waals surface area contributed by atoms with Crippen LogP contribution in [0.15, 0.2) is 40.9 Å². The molecule has 0 bridgehead atoms. The van der Waals surface area contributed by atoms with Crippen molar-refractivity contribution >= 4 is 15.9 Å². The maximum atomic E-state index is 6.07. The predicted molar refractivity (Wildman–Crippen MR) is 97.4 cm³/mol. The van der Waals surface area contributed by atoms with Gasteiger partial charge in [0.2, 0.25) is 0 Å². The molecule has 3 heteroatoms. The van der Waals surface area contributed by atoms with Crippen molar-refractivity contribution in [3.63, 3.8) is 0 Å². The lowest BCUT2D eigenvalue weighted by Crippen LogP contribution is -2.16. The van der Waals surface area contributed by atoms with Crippen molar-refractivity contribution in [1.29, 1.82) is 0 Å². The summed E-state index contributed by atoms with van der Waals surface area (Å²) in [6.45, 7) is 5.80. The van der Waals surface area contributed by atoms with E-state index in [1.54, 1.807) is 0 Å². The zero-order chi connectivity index (χ0) is 16.2. The van der Waals surface area contributed by atoms with Crippen LogP contribution >= 0.6 is 15.9 Å². The highest BCUT2D eigenvalue weighted by molar-refractivity contribution is 9.10. The van der Waals surface area contributed by atoms with E-state index in [-0.39, 0.29) is 6.10 Å². The van der Waals surface area contributed by atoms with Crippen molar-refractivity contribution in [3.8, 4) is 5.75 Å². The Morgan fingerprint density at radius 2 is 1.91 bits per heavy atom. The van der Waals surface area contributed by atoms with Gasteiger partial charge in [-0.1, -0.05) is 53.2 Å². The number of benzene rings is 2. The quantitative estimate of drug-likeness (QED) is 0.726. The average Bonchev–Trinajstić information content (AvgIpc) is 3.06. The summed E-state index contributed by atoms with van der Waals surface area (Å²) in [5.74, 6) is 0.956. The second kappa shape index (κ2) is 7.50. The Morgan fingerprint density at radius 1 is 1.17 bits per heavy atom. The minimum atomic E-state index is 0.188. The van der Waals surface area contributed by atoms with Gasteiger partial charge in [-0.15, -0.1) is 0 Å². The molecule has 0 N–H and O–H groups in total. The fraction of sp³-hybridized carbons (Fsp3) is 0.400. The third-order valence-electron chi connectivity index (χ3n) is 4.35. The van der Waals surface area contributed by atoms with Gasteiger partial charge in [0.05, 0.1) is 13.2 Å². The van der Waals surface area contributed by atoms with Crippen LogP contribution in [0.5, 0.6) is 5.75 Å². The Labute approximate surface area is 146 Å². The van der Waals surface area contributed by atoms with Crippen molar-refractivity contribution in [2.45, 2.75) is 39.2 Å². The molecular weight excluding hydrogens is 352 g/mol. The van der Waals surface area contributed by atoms with Crippen LogP contribution in [-0.2, 0) is 17.6 Å². The maximum absolute atomic E-state index is 6.07. The summed E-state index contributed by atoms with van der Waals surface area (Å²) in [5, 5.41) is 0. The fourth-order valence-electron chi connectivity index (χ4n) is 2.88. The first-order valence-corrected chi connectivity index (χ1v) is 9.06. The van der Waals surface area contributed by atoms with Gasteiger partial charge in [0.15, 0.2) is 0 Å². The molecule has 0 aliphatic carbocycles. The molecule has 2 nitrogen and oxygen atoms in total. The van der Waals surface area contributed by atoms with Crippen molar-refractivity contribution < 1.29 is 9.47 Å². The monoisotopic (exact) mass is 374 g/mol. The summed E-state index contributed by atoms with van der Waals surface area (Å²) in [4.78, 5) is 0. The maximum Gasteiger partial charge on any atom is 0.124 e. The summed E-state index contributed by atoms with van der Waals surface area (Å²) in [7, 11) is 0. The molecule has 1 atom stereocenters. The lowest BCUT2D eigenvalue weighted by Gasteiger charge is -2.16. The summed E-state index contributed by atoms with van der Waals surface area (Å²) in [5.41, 5.74) is 5.19. The Hall–Kier alpha value is -1.32. The van der Waals surface area contributed by atoms with E-state index >= 15 is 0 Å². The first-order chi connectivity index (χ1) is 11.2. The van der Waals surface area contributed by atoms with Crippen LogP contribution in [0.3, 0.4) is 0 Å². The lowest BCUT2D eigenvalue weighted by molar-refractivity contribution is 0.141. The predicted octanol–water partition coefficient (Wildman–Crippen LogP) is 5.08. The second-order valence-electron chi connectivity index (χ2n) is 6.16. The van der Waals surface area contributed by atoms with Crippen molar-refractivity contribution in [2.75, 3.05) is 13.2 Å². The first-order valence-electron chi connectivity index (χ1n) is 8.27. The highest BCUT2D eigenvalue weighted by Crippen LogP contribution is 2.30. The van der Waals surface area contributed by atoms with Gasteiger partial charge in [0, 0.05) is 10.9 Å². The zero-order valence-corrected chi connectivity index (χ0v) is 15.4.